The highest BCUT2D eigenvalue weighted by molar-refractivity contribution is 6.66. The molecule has 2 aromatic rings. The molecule has 0 aromatic heterocycles. The molecule has 0 bridgehead atoms. The van der Waals surface area contributed by atoms with Crippen LogP contribution in [0.25, 0.3) is 6.08 Å². The summed E-state index contributed by atoms with van der Waals surface area (Å²) < 4.78 is 5.74. The summed E-state index contributed by atoms with van der Waals surface area (Å²) in [5, 5.41) is -0.510. The number of para-hydroxylation sites is 2. The van der Waals surface area contributed by atoms with E-state index in [1.165, 1.54) is 6.08 Å². The van der Waals surface area contributed by atoms with E-state index in [-0.39, 0.29) is 0 Å². The summed E-state index contributed by atoms with van der Waals surface area (Å²) in [6, 6.07) is 16.9. The van der Waals surface area contributed by atoms with E-state index in [0.717, 1.165) is 11.3 Å². The van der Waals surface area contributed by atoms with Gasteiger partial charge in [-0.25, -0.2) is 0 Å². The summed E-state index contributed by atoms with van der Waals surface area (Å²) in [5.41, 5.74) is 0.801. The third kappa shape index (κ3) is 3.47. The van der Waals surface area contributed by atoms with Crippen LogP contribution in [0.15, 0.2) is 60.7 Å². The fourth-order valence-electron chi connectivity index (χ4n) is 1.48. The highest BCUT2D eigenvalue weighted by Gasteiger charge is 2.01. The Hall–Kier alpha value is -2.06. The number of benzene rings is 2. The van der Waals surface area contributed by atoms with Gasteiger partial charge in [-0.2, -0.15) is 0 Å². The van der Waals surface area contributed by atoms with E-state index in [2.05, 4.69) is 0 Å². The van der Waals surface area contributed by atoms with Crippen LogP contribution in [0.5, 0.6) is 11.5 Å². The predicted octanol–water partition coefficient (Wildman–Crippen LogP) is 4.26. The van der Waals surface area contributed by atoms with Crippen LogP contribution in [0, 0.1) is 0 Å². The summed E-state index contributed by atoms with van der Waals surface area (Å²) in [6.07, 6.45) is 2.93. The van der Waals surface area contributed by atoms with Gasteiger partial charge in [0.1, 0.15) is 11.5 Å². The molecule has 90 valence electrons. The van der Waals surface area contributed by atoms with Crippen molar-refractivity contribution in [1.82, 2.24) is 0 Å². The van der Waals surface area contributed by atoms with E-state index in [1.54, 1.807) is 6.08 Å². The topological polar surface area (TPSA) is 26.3 Å². The van der Waals surface area contributed by atoms with E-state index >= 15 is 0 Å². The van der Waals surface area contributed by atoms with Crippen LogP contribution < -0.4 is 4.74 Å². The lowest BCUT2D eigenvalue weighted by Crippen LogP contribution is -1.87. The Labute approximate surface area is 110 Å². The number of ether oxygens (including phenoxy) is 1. The monoisotopic (exact) mass is 258 g/mol. The lowest BCUT2D eigenvalue weighted by atomic mass is 10.2. The smallest absolute Gasteiger partial charge is 0.245 e. The molecule has 2 aromatic carbocycles. The lowest BCUT2D eigenvalue weighted by molar-refractivity contribution is -0.107. The first-order valence-electron chi connectivity index (χ1n) is 5.45. The van der Waals surface area contributed by atoms with Crippen LogP contribution in [-0.4, -0.2) is 5.24 Å². The third-order valence-electron chi connectivity index (χ3n) is 2.28. The van der Waals surface area contributed by atoms with Crippen LogP contribution in [-0.2, 0) is 4.79 Å². The van der Waals surface area contributed by atoms with Gasteiger partial charge in [0.15, 0.2) is 0 Å². The molecule has 0 aliphatic carbocycles. The molecule has 0 amide bonds. The summed E-state index contributed by atoms with van der Waals surface area (Å²) >= 11 is 5.27. The quantitative estimate of drug-likeness (QED) is 0.605. The Morgan fingerprint density at radius 3 is 2.39 bits per heavy atom. The van der Waals surface area contributed by atoms with Crippen LogP contribution in [0.1, 0.15) is 5.56 Å². The van der Waals surface area contributed by atoms with Crippen molar-refractivity contribution in [3.8, 4) is 11.5 Å². The van der Waals surface area contributed by atoms with E-state index in [4.69, 9.17) is 16.3 Å². The first kappa shape index (κ1) is 12.4. The molecule has 0 saturated carbocycles. The summed E-state index contributed by atoms with van der Waals surface area (Å²) in [4.78, 5) is 10.7. The van der Waals surface area contributed by atoms with Crippen molar-refractivity contribution >= 4 is 22.9 Å². The molecular formula is C15H11ClO2. The van der Waals surface area contributed by atoms with Gasteiger partial charge in [0.05, 0.1) is 0 Å². The van der Waals surface area contributed by atoms with Crippen molar-refractivity contribution in [1.29, 1.82) is 0 Å². The van der Waals surface area contributed by atoms with Gasteiger partial charge in [-0.3, -0.25) is 4.79 Å². The van der Waals surface area contributed by atoms with Crippen molar-refractivity contribution in [2.75, 3.05) is 0 Å². The number of hydrogen-bond acceptors (Lipinski definition) is 2. The molecule has 0 aliphatic rings. The van der Waals surface area contributed by atoms with E-state index < -0.39 is 5.24 Å². The Morgan fingerprint density at radius 1 is 1.00 bits per heavy atom. The zero-order valence-electron chi connectivity index (χ0n) is 9.55. The van der Waals surface area contributed by atoms with Gasteiger partial charge in [0.2, 0.25) is 5.24 Å². The molecule has 0 atom stereocenters. The molecule has 0 unspecified atom stereocenters. The maximum Gasteiger partial charge on any atom is 0.245 e. The molecule has 3 heteroatoms. The van der Waals surface area contributed by atoms with Crippen molar-refractivity contribution < 1.29 is 9.53 Å². The minimum absolute atomic E-state index is 0.510. The maximum absolute atomic E-state index is 10.7. The van der Waals surface area contributed by atoms with Gasteiger partial charge in [0, 0.05) is 5.56 Å². The highest BCUT2D eigenvalue weighted by atomic mass is 35.5. The molecule has 0 spiro atoms. The van der Waals surface area contributed by atoms with Crippen LogP contribution in [0.4, 0.5) is 0 Å². The largest absolute Gasteiger partial charge is 0.457 e. The number of hydrogen-bond donors (Lipinski definition) is 0. The zero-order chi connectivity index (χ0) is 12.8. The summed E-state index contributed by atoms with van der Waals surface area (Å²) in [5.74, 6) is 1.42. The van der Waals surface area contributed by atoms with Gasteiger partial charge in [-0.1, -0.05) is 36.4 Å². The van der Waals surface area contributed by atoms with Crippen molar-refractivity contribution in [3.63, 3.8) is 0 Å². The number of carbonyl (C=O) groups is 1. The molecule has 2 rings (SSSR count). The number of halogens is 1. The van der Waals surface area contributed by atoms with E-state index in [1.807, 2.05) is 54.6 Å². The summed E-state index contributed by atoms with van der Waals surface area (Å²) in [6.45, 7) is 0. The van der Waals surface area contributed by atoms with Gasteiger partial charge >= 0.3 is 0 Å². The Kier molecular flexibility index (Phi) is 4.15. The second kappa shape index (κ2) is 6.03. The molecule has 0 fully saturated rings. The number of rotatable bonds is 4. The molecular weight excluding hydrogens is 248 g/mol. The average Bonchev–Trinajstić information content (AvgIpc) is 2.39. The molecule has 0 radical (unpaired) electrons. The average molecular weight is 259 g/mol. The normalized spacial score (nSPS) is 10.5. The molecule has 18 heavy (non-hydrogen) atoms. The Balaban J connectivity index is 2.25. The fourth-order valence-corrected chi connectivity index (χ4v) is 1.54. The molecule has 0 aliphatic heterocycles. The minimum Gasteiger partial charge on any atom is -0.457 e. The van der Waals surface area contributed by atoms with Gasteiger partial charge < -0.3 is 4.74 Å². The fraction of sp³-hybridized carbons (Fsp3) is 0. The van der Waals surface area contributed by atoms with Crippen LogP contribution in [0.2, 0.25) is 0 Å². The van der Waals surface area contributed by atoms with Crippen LogP contribution >= 0.6 is 11.6 Å². The minimum atomic E-state index is -0.510. The molecule has 0 heterocycles. The van der Waals surface area contributed by atoms with Crippen LogP contribution in [0.3, 0.4) is 0 Å². The standard InChI is InChI=1S/C15H11ClO2/c16-15(17)11-10-12-6-4-5-9-14(12)18-13-7-2-1-3-8-13/h1-11H. The van der Waals surface area contributed by atoms with Crippen molar-refractivity contribution in [3.05, 3.63) is 66.2 Å². The third-order valence-corrected chi connectivity index (χ3v) is 2.41. The predicted molar refractivity (Wildman–Crippen MR) is 72.9 cm³/mol. The molecule has 0 N–H and O–H groups in total. The van der Waals surface area contributed by atoms with E-state index in [9.17, 15) is 4.79 Å². The first-order valence-corrected chi connectivity index (χ1v) is 5.83. The molecule has 0 saturated heterocycles. The lowest BCUT2D eigenvalue weighted by Gasteiger charge is -2.08. The van der Waals surface area contributed by atoms with Gasteiger partial charge in [0.25, 0.3) is 0 Å². The second-order valence-corrected chi connectivity index (χ2v) is 3.96. The highest BCUT2D eigenvalue weighted by Crippen LogP contribution is 2.25. The SMILES string of the molecule is O=C(Cl)C=Cc1ccccc1Oc1ccccc1. The van der Waals surface area contributed by atoms with Crippen molar-refractivity contribution in [2.24, 2.45) is 0 Å². The molecule has 2 nitrogen and oxygen atoms in total. The van der Waals surface area contributed by atoms with Gasteiger partial charge in [-0.05, 0) is 42.0 Å². The van der Waals surface area contributed by atoms with Gasteiger partial charge in [-0.15, -0.1) is 0 Å². The summed E-state index contributed by atoms with van der Waals surface area (Å²) in [7, 11) is 0. The maximum atomic E-state index is 10.7. The second-order valence-electron chi connectivity index (χ2n) is 3.59. The number of carbonyl (C=O) groups excluding carboxylic acids is 1. The first-order chi connectivity index (χ1) is 8.75. The number of allylic oxidation sites excluding steroid dienone is 1. The van der Waals surface area contributed by atoms with Crippen molar-refractivity contribution in [2.45, 2.75) is 0 Å². The Morgan fingerprint density at radius 2 is 1.67 bits per heavy atom. The van der Waals surface area contributed by atoms with E-state index in [0.29, 0.717) is 5.75 Å². The zero-order valence-corrected chi connectivity index (χ0v) is 10.3. The Bertz CT molecular complexity index is 562.